The Labute approximate surface area is 103 Å². The summed E-state index contributed by atoms with van der Waals surface area (Å²) in [5, 5.41) is 4.40. The lowest BCUT2D eigenvalue weighted by atomic mass is 9.68. The SMILES string of the molecule is CC1(C)CCC(N)(CCc2ccsc2)CC1. The summed E-state index contributed by atoms with van der Waals surface area (Å²) < 4.78 is 0. The maximum Gasteiger partial charge on any atom is 0.0157 e. The van der Waals surface area contributed by atoms with Crippen molar-refractivity contribution in [2.75, 3.05) is 0 Å². The summed E-state index contributed by atoms with van der Waals surface area (Å²) in [7, 11) is 0. The quantitative estimate of drug-likeness (QED) is 0.845. The van der Waals surface area contributed by atoms with Crippen LogP contribution in [0, 0.1) is 5.41 Å². The van der Waals surface area contributed by atoms with Crippen molar-refractivity contribution in [1.29, 1.82) is 0 Å². The van der Waals surface area contributed by atoms with Crippen molar-refractivity contribution in [2.24, 2.45) is 11.1 Å². The van der Waals surface area contributed by atoms with E-state index in [0.717, 1.165) is 12.8 Å². The highest BCUT2D eigenvalue weighted by Crippen LogP contribution is 2.40. The first-order valence-electron chi connectivity index (χ1n) is 6.29. The maximum atomic E-state index is 6.50. The Balaban J connectivity index is 1.85. The molecule has 2 heteroatoms. The largest absolute Gasteiger partial charge is 0.325 e. The molecule has 1 nitrogen and oxygen atoms in total. The average Bonchev–Trinajstić information content (AvgIpc) is 2.74. The van der Waals surface area contributed by atoms with Crippen molar-refractivity contribution in [3.63, 3.8) is 0 Å². The van der Waals surface area contributed by atoms with Gasteiger partial charge in [-0.25, -0.2) is 0 Å². The summed E-state index contributed by atoms with van der Waals surface area (Å²) in [4.78, 5) is 0. The van der Waals surface area contributed by atoms with Gasteiger partial charge in [-0.1, -0.05) is 13.8 Å². The maximum absolute atomic E-state index is 6.50. The first kappa shape index (κ1) is 12.1. The Morgan fingerprint density at radius 1 is 1.25 bits per heavy atom. The molecule has 2 N–H and O–H groups in total. The Morgan fingerprint density at radius 2 is 1.94 bits per heavy atom. The van der Waals surface area contributed by atoms with E-state index in [1.165, 1.54) is 31.2 Å². The van der Waals surface area contributed by atoms with Crippen LogP contribution < -0.4 is 5.73 Å². The first-order chi connectivity index (χ1) is 7.49. The van der Waals surface area contributed by atoms with Crippen molar-refractivity contribution in [3.8, 4) is 0 Å². The van der Waals surface area contributed by atoms with Gasteiger partial charge in [-0.15, -0.1) is 0 Å². The summed E-state index contributed by atoms with van der Waals surface area (Å²) in [6, 6.07) is 2.22. The van der Waals surface area contributed by atoms with Crippen molar-refractivity contribution >= 4 is 11.3 Å². The molecule has 1 aromatic rings. The zero-order valence-electron chi connectivity index (χ0n) is 10.5. The molecule has 2 rings (SSSR count). The van der Waals surface area contributed by atoms with E-state index >= 15 is 0 Å². The fourth-order valence-electron chi connectivity index (χ4n) is 2.50. The molecule has 0 atom stereocenters. The van der Waals surface area contributed by atoms with E-state index in [0.29, 0.717) is 5.41 Å². The third-order valence-corrected chi connectivity index (χ3v) is 4.82. The van der Waals surface area contributed by atoms with Crippen LogP contribution in [-0.4, -0.2) is 5.54 Å². The van der Waals surface area contributed by atoms with E-state index in [4.69, 9.17) is 5.73 Å². The number of aryl methyl sites for hydroxylation is 1. The van der Waals surface area contributed by atoms with Crippen LogP contribution in [0.15, 0.2) is 16.8 Å². The van der Waals surface area contributed by atoms with Gasteiger partial charge in [0.15, 0.2) is 0 Å². The number of hydrogen-bond donors (Lipinski definition) is 1. The van der Waals surface area contributed by atoms with Crippen LogP contribution in [0.3, 0.4) is 0 Å². The lowest BCUT2D eigenvalue weighted by molar-refractivity contribution is 0.158. The summed E-state index contributed by atoms with van der Waals surface area (Å²) in [5.74, 6) is 0. The zero-order chi connectivity index (χ0) is 11.6. The lowest BCUT2D eigenvalue weighted by Crippen LogP contribution is -2.45. The second-order valence-corrected chi connectivity index (χ2v) is 6.94. The van der Waals surface area contributed by atoms with Gasteiger partial charge in [0.05, 0.1) is 0 Å². The van der Waals surface area contributed by atoms with Crippen LogP contribution in [0.1, 0.15) is 51.5 Å². The molecule has 1 fully saturated rings. The Kier molecular flexibility index (Phi) is 3.41. The van der Waals surface area contributed by atoms with Crippen molar-refractivity contribution in [3.05, 3.63) is 22.4 Å². The molecule has 1 aliphatic rings. The molecule has 0 bridgehead atoms. The molecule has 0 unspecified atom stereocenters. The fraction of sp³-hybridized carbons (Fsp3) is 0.714. The van der Waals surface area contributed by atoms with Gasteiger partial charge in [0.25, 0.3) is 0 Å². The highest BCUT2D eigenvalue weighted by Gasteiger charge is 2.34. The van der Waals surface area contributed by atoms with E-state index in [1.807, 2.05) is 0 Å². The summed E-state index contributed by atoms with van der Waals surface area (Å²) in [6.07, 6.45) is 7.27. The minimum absolute atomic E-state index is 0.109. The molecule has 1 heterocycles. The van der Waals surface area contributed by atoms with Gasteiger partial charge >= 0.3 is 0 Å². The third kappa shape index (κ3) is 3.08. The van der Waals surface area contributed by atoms with E-state index in [-0.39, 0.29) is 5.54 Å². The van der Waals surface area contributed by atoms with Crippen molar-refractivity contribution in [2.45, 2.75) is 57.9 Å². The van der Waals surface area contributed by atoms with Gasteiger partial charge in [0, 0.05) is 5.54 Å². The molecule has 0 radical (unpaired) electrons. The predicted molar refractivity (Wildman–Crippen MR) is 71.8 cm³/mol. The number of rotatable bonds is 3. The lowest BCUT2D eigenvalue weighted by Gasteiger charge is -2.41. The van der Waals surface area contributed by atoms with Crippen LogP contribution in [0.4, 0.5) is 0 Å². The second-order valence-electron chi connectivity index (χ2n) is 6.16. The van der Waals surface area contributed by atoms with Crippen LogP contribution >= 0.6 is 11.3 Å². The van der Waals surface area contributed by atoms with Crippen molar-refractivity contribution in [1.82, 2.24) is 0 Å². The first-order valence-corrected chi connectivity index (χ1v) is 7.23. The topological polar surface area (TPSA) is 26.0 Å². The highest BCUT2D eigenvalue weighted by atomic mass is 32.1. The number of hydrogen-bond acceptors (Lipinski definition) is 2. The van der Waals surface area contributed by atoms with Gasteiger partial charge in [0.1, 0.15) is 0 Å². The summed E-state index contributed by atoms with van der Waals surface area (Å²) >= 11 is 1.78. The molecule has 0 spiro atoms. The molecular formula is C14H23NS. The minimum atomic E-state index is 0.109. The molecule has 1 saturated carbocycles. The molecular weight excluding hydrogens is 214 g/mol. The van der Waals surface area contributed by atoms with Crippen LogP contribution in [-0.2, 0) is 6.42 Å². The Hall–Kier alpha value is -0.340. The van der Waals surface area contributed by atoms with Gasteiger partial charge in [-0.3, -0.25) is 0 Å². The van der Waals surface area contributed by atoms with Crippen molar-refractivity contribution < 1.29 is 0 Å². The molecule has 1 aliphatic carbocycles. The smallest absolute Gasteiger partial charge is 0.0157 e. The molecule has 0 saturated heterocycles. The molecule has 16 heavy (non-hydrogen) atoms. The van der Waals surface area contributed by atoms with E-state index in [1.54, 1.807) is 11.3 Å². The highest BCUT2D eigenvalue weighted by molar-refractivity contribution is 7.07. The van der Waals surface area contributed by atoms with Crippen LogP contribution in [0.25, 0.3) is 0 Å². The van der Waals surface area contributed by atoms with E-state index in [9.17, 15) is 0 Å². The predicted octanol–water partition coefficient (Wildman–Crippen LogP) is 3.98. The minimum Gasteiger partial charge on any atom is -0.325 e. The zero-order valence-corrected chi connectivity index (χ0v) is 11.3. The summed E-state index contributed by atoms with van der Waals surface area (Å²) in [5.41, 5.74) is 8.59. The second kappa shape index (κ2) is 4.50. The third-order valence-electron chi connectivity index (χ3n) is 4.09. The molecule has 0 aliphatic heterocycles. The Morgan fingerprint density at radius 3 is 2.50 bits per heavy atom. The van der Waals surface area contributed by atoms with Crippen LogP contribution in [0.5, 0.6) is 0 Å². The number of thiophene rings is 1. The fourth-order valence-corrected chi connectivity index (χ4v) is 3.21. The number of nitrogens with two attached hydrogens (primary N) is 1. The van der Waals surface area contributed by atoms with E-state index < -0.39 is 0 Å². The summed E-state index contributed by atoms with van der Waals surface area (Å²) in [6.45, 7) is 4.73. The van der Waals surface area contributed by atoms with Gasteiger partial charge in [-0.2, -0.15) is 11.3 Å². The monoisotopic (exact) mass is 237 g/mol. The molecule has 90 valence electrons. The average molecular weight is 237 g/mol. The van der Waals surface area contributed by atoms with E-state index in [2.05, 4.69) is 30.7 Å². The van der Waals surface area contributed by atoms with Crippen LogP contribution in [0.2, 0.25) is 0 Å². The molecule has 0 amide bonds. The standard InChI is InChI=1S/C14H23NS/c1-13(2)6-8-14(15,9-7-13)5-3-12-4-10-16-11-12/h4,10-11H,3,5-9,15H2,1-2H3. The Bertz CT molecular complexity index is 317. The molecule has 1 aromatic heterocycles. The molecule has 0 aromatic carbocycles. The van der Waals surface area contributed by atoms with Gasteiger partial charge in [-0.05, 0) is 66.3 Å². The van der Waals surface area contributed by atoms with Gasteiger partial charge < -0.3 is 5.73 Å². The normalized spacial score (nSPS) is 23.2. The van der Waals surface area contributed by atoms with Gasteiger partial charge in [0.2, 0.25) is 0 Å².